The van der Waals surface area contributed by atoms with Gasteiger partial charge in [-0.25, -0.2) is 0 Å². The van der Waals surface area contributed by atoms with Crippen LogP contribution in [0.15, 0.2) is 23.3 Å². The number of phenols is 1. The maximum Gasteiger partial charge on any atom is 0.187 e. The molecule has 0 saturated carbocycles. The molecule has 7 heteroatoms. The summed E-state index contributed by atoms with van der Waals surface area (Å²) >= 11 is 5.11. The van der Waals surface area contributed by atoms with Crippen LogP contribution in [0.2, 0.25) is 0 Å². The second-order valence-electron chi connectivity index (χ2n) is 4.61. The normalized spacial score (nSPS) is 17.9. The lowest BCUT2D eigenvalue weighted by Gasteiger charge is -2.11. The minimum Gasteiger partial charge on any atom is -0.504 e. The van der Waals surface area contributed by atoms with Gasteiger partial charge in [0.15, 0.2) is 16.6 Å². The van der Waals surface area contributed by atoms with Gasteiger partial charge in [0.05, 0.1) is 19.4 Å². The zero-order valence-corrected chi connectivity index (χ0v) is 12.7. The van der Waals surface area contributed by atoms with Gasteiger partial charge in [0.2, 0.25) is 0 Å². The van der Waals surface area contributed by atoms with Gasteiger partial charge < -0.3 is 19.9 Å². The van der Waals surface area contributed by atoms with E-state index in [9.17, 15) is 5.11 Å². The molecule has 1 aromatic carbocycles. The molecule has 1 heterocycles. The molecule has 1 fully saturated rings. The molecule has 0 radical (unpaired) electrons. The Morgan fingerprint density at radius 2 is 2.48 bits per heavy atom. The molecule has 114 valence electrons. The number of thiocarbonyl (C=S) groups is 1. The Morgan fingerprint density at radius 3 is 3.19 bits per heavy atom. The first-order valence-electron chi connectivity index (χ1n) is 6.75. The first-order valence-corrected chi connectivity index (χ1v) is 7.16. The molecular weight excluding hydrogens is 290 g/mol. The minimum atomic E-state index is 0.0452. The van der Waals surface area contributed by atoms with Crippen molar-refractivity contribution in [3.8, 4) is 11.5 Å². The smallest absolute Gasteiger partial charge is 0.187 e. The summed E-state index contributed by atoms with van der Waals surface area (Å²) in [7, 11) is 1.50. The van der Waals surface area contributed by atoms with Crippen molar-refractivity contribution in [1.82, 2.24) is 10.7 Å². The van der Waals surface area contributed by atoms with Crippen LogP contribution in [-0.2, 0) is 4.74 Å². The van der Waals surface area contributed by atoms with Crippen molar-refractivity contribution in [2.24, 2.45) is 5.10 Å². The number of hydrazone groups is 1. The second-order valence-corrected chi connectivity index (χ2v) is 5.02. The van der Waals surface area contributed by atoms with Gasteiger partial charge in [-0.3, -0.25) is 5.43 Å². The average Bonchev–Trinajstić information content (AvgIpc) is 3.00. The molecule has 2 rings (SSSR count). The standard InChI is InChI=1S/C14H19N3O3S/c1-19-12-6-2-4-10(13(12)18)8-16-17-14(21)15-9-11-5-3-7-20-11/h2,4,6,8,11,18H,3,5,7,9H2,1H3,(H2,15,17,21)/b16-8+. The van der Waals surface area contributed by atoms with E-state index in [1.165, 1.54) is 13.3 Å². The highest BCUT2D eigenvalue weighted by molar-refractivity contribution is 7.80. The minimum absolute atomic E-state index is 0.0452. The van der Waals surface area contributed by atoms with Crippen LogP contribution in [0.4, 0.5) is 0 Å². The molecule has 1 aliphatic rings. The Hall–Kier alpha value is -1.86. The van der Waals surface area contributed by atoms with E-state index in [4.69, 9.17) is 21.7 Å². The van der Waals surface area contributed by atoms with Gasteiger partial charge in [-0.15, -0.1) is 0 Å². The number of nitrogens with one attached hydrogen (secondary N) is 2. The molecule has 0 amide bonds. The molecule has 1 atom stereocenters. The molecule has 6 nitrogen and oxygen atoms in total. The van der Waals surface area contributed by atoms with Gasteiger partial charge >= 0.3 is 0 Å². The Morgan fingerprint density at radius 1 is 1.62 bits per heavy atom. The van der Waals surface area contributed by atoms with Crippen LogP contribution in [0, 0.1) is 0 Å². The summed E-state index contributed by atoms with van der Waals surface area (Å²) in [6, 6.07) is 5.17. The summed E-state index contributed by atoms with van der Waals surface area (Å²) in [4.78, 5) is 0. The van der Waals surface area contributed by atoms with E-state index in [2.05, 4.69) is 15.8 Å². The fourth-order valence-corrected chi connectivity index (χ4v) is 2.16. The largest absolute Gasteiger partial charge is 0.504 e. The van der Waals surface area contributed by atoms with Crippen molar-refractivity contribution >= 4 is 23.5 Å². The molecule has 1 aromatic rings. The highest BCUT2D eigenvalue weighted by atomic mass is 32.1. The fourth-order valence-electron chi connectivity index (χ4n) is 2.02. The zero-order valence-electron chi connectivity index (χ0n) is 11.8. The Labute approximate surface area is 129 Å². The molecule has 0 aromatic heterocycles. The Kier molecular flexibility index (Phi) is 5.77. The third-order valence-corrected chi connectivity index (χ3v) is 3.37. The van der Waals surface area contributed by atoms with Gasteiger partial charge in [0.1, 0.15) is 0 Å². The van der Waals surface area contributed by atoms with Crippen molar-refractivity contribution in [2.75, 3.05) is 20.3 Å². The maximum atomic E-state index is 9.89. The van der Waals surface area contributed by atoms with Gasteiger partial charge in [-0.05, 0) is 37.2 Å². The predicted molar refractivity (Wildman–Crippen MR) is 85.0 cm³/mol. The first kappa shape index (κ1) is 15.5. The first-order chi connectivity index (χ1) is 10.2. The van der Waals surface area contributed by atoms with Crippen LogP contribution >= 0.6 is 12.2 Å². The van der Waals surface area contributed by atoms with Gasteiger partial charge in [-0.1, -0.05) is 6.07 Å². The van der Waals surface area contributed by atoms with E-state index in [0.717, 1.165) is 19.4 Å². The van der Waals surface area contributed by atoms with Crippen molar-refractivity contribution in [3.05, 3.63) is 23.8 Å². The van der Waals surface area contributed by atoms with Gasteiger partial charge in [0.25, 0.3) is 0 Å². The number of para-hydroxylation sites is 1. The summed E-state index contributed by atoms with van der Waals surface area (Å²) in [5.74, 6) is 0.446. The molecule has 0 aliphatic carbocycles. The van der Waals surface area contributed by atoms with Crippen molar-refractivity contribution in [1.29, 1.82) is 0 Å². The number of methoxy groups -OCH3 is 1. The molecule has 0 spiro atoms. The van der Waals surface area contributed by atoms with Crippen molar-refractivity contribution in [3.63, 3.8) is 0 Å². The summed E-state index contributed by atoms with van der Waals surface area (Å²) < 4.78 is 10.5. The average molecular weight is 309 g/mol. The number of hydrogen-bond acceptors (Lipinski definition) is 5. The van der Waals surface area contributed by atoms with Crippen LogP contribution < -0.4 is 15.5 Å². The Bertz CT molecular complexity index is 516. The SMILES string of the molecule is COc1cccc(/C=N/NC(=S)NCC2CCCO2)c1O. The number of rotatable bonds is 5. The van der Waals surface area contributed by atoms with Crippen LogP contribution in [0.1, 0.15) is 18.4 Å². The lowest BCUT2D eigenvalue weighted by molar-refractivity contribution is 0.114. The van der Waals surface area contributed by atoms with E-state index >= 15 is 0 Å². The quantitative estimate of drug-likeness (QED) is 0.433. The fraction of sp³-hybridized carbons (Fsp3) is 0.429. The summed E-state index contributed by atoms with van der Waals surface area (Å²) in [6.07, 6.45) is 3.85. The Balaban J connectivity index is 1.80. The lowest BCUT2D eigenvalue weighted by Crippen LogP contribution is -2.37. The molecular formula is C14H19N3O3S. The molecule has 1 aliphatic heterocycles. The van der Waals surface area contributed by atoms with Crippen molar-refractivity contribution < 1.29 is 14.6 Å². The summed E-state index contributed by atoms with van der Waals surface area (Å²) in [5, 5.41) is 17.3. The molecule has 21 heavy (non-hydrogen) atoms. The van der Waals surface area contributed by atoms with E-state index in [-0.39, 0.29) is 11.9 Å². The second kappa shape index (κ2) is 7.80. The van der Waals surface area contributed by atoms with Crippen LogP contribution in [0.3, 0.4) is 0 Å². The molecule has 1 saturated heterocycles. The number of phenolic OH excluding ortho intramolecular Hbond substituents is 1. The number of hydrogen-bond donors (Lipinski definition) is 3. The van der Waals surface area contributed by atoms with E-state index in [1.54, 1.807) is 18.2 Å². The van der Waals surface area contributed by atoms with Gasteiger partial charge in [0, 0.05) is 18.7 Å². The topological polar surface area (TPSA) is 75.1 Å². The van der Waals surface area contributed by atoms with E-state index in [1.807, 2.05) is 0 Å². The molecule has 1 unspecified atom stereocenters. The number of benzene rings is 1. The highest BCUT2D eigenvalue weighted by Gasteiger charge is 2.15. The van der Waals surface area contributed by atoms with E-state index < -0.39 is 0 Å². The van der Waals surface area contributed by atoms with Crippen molar-refractivity contribution in [2.45, 2.75) is 18.9 Å². The lowest BCUT2D eigenvalue weighted by atomic mass is 10.2. The third-order valence-electron chi connectivity index (χ3n) is 3.13. The van der Waals surface area contributed by atoms with Crippen LogP contribution in [0.5, 0.6) is 11.5 Å². The van der Waals surface area contributed by atoms with Crippen LogP contribution in [0.25, 0.3) is 0 Å². The molecule has 0 bridgehead atoms. The maximum absolute atomic E-state index is 9.89. The number of nitrogens with zero attached hydrogens (tertiary/aromatic N) is 1. The zero-order chi connectivity index (χ0) is 15.1. The van der Waals surface area contributed by atoms with Crippen LogP contribution in [-0.4, -0.2) is 42.8 Å². The third kappa shape index (κ3) is 4.57. The van der Waals surface area contributed by atoms with E-state index in [0.29, 0.717) is 23.0 Å². The summed E-state index contributed by atoms with van der Waals surface area (Å²) in [5.41, 5.74) is 3.25. The monoisotopic (exact) mass is 309 g/mol. The van der Waals surface area contributed by atoms with Gasteiger partial charge in [-0.2, -0.15) is 5.10 Å². The predicted octanol–water partition coefficient (Wildman–Crippen LogP) is 1.38. The number of ether oxygens (including phenoxy) is 2. The highest BCUT2D eigenvalue weighted by Crippen LogP contribution is 2.27. The number of aromatic hydroxyl groups is 1. The molecule has 3 N–H and O–H groups in total. The summed E-state index contributed by atoms with van der Waals surface area (Å²) in [6.45, 7) is 1.49.